The number of hydrogen-bond acceptors (Lipinski definition) is 3. The van der Waals surface area contributed by atoms with Crippen molar-refractivity contribution in [1.29, 1.82) is 0 Å². The van der Waals surface area contributed by atoms with E-state index >= 15 is 0 Å². The van der Waals surface area contributed by atoms with E-state index in [1.165, 1.54) is 18.2 Å². The molecule has 2 rings (SSSR count). The van der Waals surface area contributed by atoms with Crippen LogP contribution in [-0.4, -0.2) is 4.98 Å². The molecule has 2 aromatic rings. The molecule has 0 atom stereocenters. The predicted molar refractivity (Wildman–Crippen MR) is 77.7 cm³/mol. The van der Waals surface area contributed by atoms with Crippen molar-refractivity contribution in [3.8, 4) is 11.6 Å². The van der Waals surface area contributed by atoms with Crippen LogP contribution in [0.15, 0.2) is 30.3 Å². The summed E-state index contributed by atoms with van der Waals surface area (Å²) < 4.78 is 18.7. The van der Waals surface area contributed by atoms with Gasteiger partial charge in [0.15, 0.2) is 0 Å². The van der Waals surface area contributed by atoms with Gasteiger partial charge >= 0.3 is 0 Å². The third kappa shape index (κ3) is 3.46. The molecule has 5 heteroatoms. The van der Waals surface area contributed by atoms with Gasteiger partial charge in [0.1, 0.15) is 11.6 Å². The fraction of sp³-hybridized carbons (Fsp3) is 0.267. The minimum atomic E-state index is -0.481. The lowest BCUT2D eigenvalue weighted by molar-refractivity contribution is 0.457. The molecule has 20 heavy (non-hydrogen) atoms. The molecule has 0 saturated heterocycles. The molecule has 0 spiro atoms. The lowest BCUT2D eigenvalue weighted by Gasteiger charge is -2.11. The number of aromatic nitrogens is 1. The van der Waals surface area contributed by atoms with Gasteiger partial charge in [0.2, 0.25) is 5.88 Å². The Labute approximate surface area is 122 Å². The average molecular weight is 295 g/mol. The lowest BCUT2D eigenvalue weighted by atomic mass is 10.1. The van der Waals surface area contributed by atoms with E-state index in [4.69, 9.17) is 22.1 Å². The number of rotatable bonds is 4. The fourth-order valence-corrected chi connectivity index (χ4v) is 1.88. The van der Waals surface area contributed by atoms with Gasteiger partial charge in [0.25, 0.3) is 0 Å². The van der Waals surface area contributed by atoms with E-state index in [-0.39, 0.29) is 10.9 Å². The topological polar surface area (TPSA) is 48.1 Å². The molecule has 2 N–H and O–H groups in total. The molecule has 106 valence electrons. The first kappa shape index (κ1) is 14.8. The van der Waals surface area contributed by atoms with Crippen molar-refractivity contribution in [2.75, 3.05) is 0 Å². The van der Waals surface area contributed by atoms with Crippen LogP contribution < -0.4 is 10.5 Å². The Balaban J connectivity index is 2.32. The van der Waals surface area contributed by atoms with Crippen molar-refractivity contribution in [3.05, 3.63) is 52.4 Å². The molecule has 0 aliphatic rings. The summed E-state index contributed by atoms with van der Waals surface area (Å²) in [5, 5.41) is 0.0153. The number of nitrogens with two attached hydrogens (primary N) is 1. The quantitative estimate of drug-likeness (QED) is 0.917. The van der Waals surface area contributed by atoms with Crippen LogP contribution in [0, 0.1) is 5.82 Å². The smallest absolute Gasteiger partial charge is 0.219 e. The maximum Gasteiger partial charge on any atom is 0.219 e. The number of ether oxygens (including phenoxy) is 1. The summed E-state index contributed by atoms with van der Waals surface area (Å²) in [6.07, 6.45) is 0. The lowest BCUT2D eigenvalue weighted by Crippen LogP contribution is -2.02. The second-order valence-corrected chi connectivity index (χ2v) is 5.18. The molecule has 0 fully saturated rings. The maximum absolute atomic E-state index is 13.1. The van der Waals surface area contributed by atoms with Gasteiger partial charge in [-0.2, -0.15) is 0 Å². The Morgan fingerprint density at radius 2 is 2.05 bits per heavy atom. The van der Waals surface area contributed by atoms with Crippen molar-refractivity contribution < 1.29 is 9.13 Å². The van der Waals surface area contributed by atoms with Crippen LogP contribution in [0.2, 0.25) is 5.02 Å². The average Bonchev–Trinajstić information content (AvgIpc) is 2.42. The fourth-order valence-electron chi connectivity index (χ4n) is 1.71. The minimum Gasteiger partial charge on any atom is -0.439 e. The number of pyridine rings is 1. The largest absolute Gasteiger partial charge is 0.439 e. The van der Waals surface area contributed by atoms with Gasteiger partial charge in [-0.3, -0.25) is 0 Å². The van der Waals surface area contributed by atoms with Crippen molar-refractivity contribution >= 4 is 11.6 Å². The van der Waals surface area contributed by atoms with Crippen LogP contribution in [0.25, 0.3) is 0 Å². The predicted octanol–water partition coefficient (Wildman–Crippen LogP) is 4.25. The van der Waals surface area contributed by atoms with Crippen LogP contribution in [0.4, 0.5) is 4.39 Å². The van der Waals surface area contributed by atoms with E-state index in [9.17, 15) is 4.39 Å². The number of hydrogen-bond donors (Lipinski definition) is 1. The van der Waals surface area contributed by atoms with Gasteiger partial charge in [0.05, 0.1) is 5.02 Å². The van der Waals surface area contributed by atoms with Gasteiger partial charge in [-0.15, -0.1) is 0 Å². The zero-order chi connectivity index (χ0) is 14.7. The molecular weight excluding hydrogens is 279 g/mol. The van der Waals surface area contributed by atoms with Gasteiger partial charge in [0, 0.05) is 24.4 Å². The van der Waals surface area contributed by atoms with Crippen LogP contribution in [0.5, 0.6) is 11.6 Å². The van der Waals surface area contributed by atoms with Crippen molar-refractivity contribution in [1.82, 2.24) is 4.98 Å². The van der Waals surface area contributed by atoms with Crippen LogP contribution >= 0.6 is 11.6 Å². The number of benzene rings is 1. The number of halogens is 2. The number of nitrogens with zero attached hydrogens (tertiary/aromatic N) is 1. The monoisotopic (exact) mass is 294 g/mol. The highest BCUT2D eigenvalue weighted by atomic mass is 35.5. The normalized spacial score (nSPS) is 10.9. The van der Waals surface area contributed by atoms with E-state index in [0.717, 1.165) is 11.3 Å². The molecule has 0 aliphatic heterocycles. The second-order valence-electron chi connectivity index (χ2n) is 4.78. The first-order valence-corrected chi connectivity index (χ1v) is 6.71. The van der Waals surface area contributed by atoms with E-state index < -0.39 is 5.82 Å². The summed E-state index contributed by atoms with van der Waals surface area (Å²) in [6, 6.07) is 7.90. The Morgan fingerprint density at radius 3 is 2.65 bits per heavy atom. The van der Waals surface area contributed by atoms with Gasteiger partial charge in [-0.1, -0.05) is 25.4 Å². The molecule has 0 saturated carbocycles. The summed E-state index contributed by atoms with van der Waals surface area (Å²) in [7, 11) is 0. The first-order valence-electron chi connectivity index (χ1n) is 6.33. The molecule has 0 radical (unpaired) electrons. The van der Waals surface area contributed by atoms with E-state index in [1.807, 2.05) is 19.9 Å². The molecular formula is C15H16ClFN2O. The standard InChI is InChI=1S/C15H16ClFN2O/c1-9(2)14-5-10(8-18)6-15(19-14)20-11-3-4-13(17)12(16)7-11/h3-7,9H,8,18H2,1-2H3. The Kier molecular flexibility index (Phi) is 4.57. The van der Waals surface area contributed by atoms with E-state index in [0.29, 0.717) is 18.2 Å². The second kappa shape index (κ2) is 6.20. The Morgan fingerprint density at radius 1 is 1.30 bits per heavy atom. The first-order chi connectivity index (χ1) is 9.49. The Hall–Kier alpha value is -1.65. The summed E-state index contributed by atoms with van der Waals surface area (Å²) in [4.78, 5) is 4.41. The third-order valence-corrected chi connectivity index (χ3v) is 3.11. The third-order valence-electron chi connectivity index (χ3n) is 2.82. The molecule has 1 aromatic heterocycles. The van der Waals surface area contributed by atoms with Gasteiger partial charge in [-0.05, 0) is 29.7 Å². The summed E-state index contributed by atoms with van der Waals surface area (Å²) in [5.41, 5.74) is 7.51. The molecule has 0 aliphatic carbocycles. The molecule has 0 unspecified atom stereocenters. The maximum atomic E-state index is 13.1. The molecule has 0 amide bonds. The van der Waals surface area contributed by atoms with Crippen molar-refractivity contribution in [2.45, 2.75) is 26.3 Å². The SMILES string of the molecule is CC(C)c1cc(CN)cc(Oc2ccc(F)c(Cl)c2)n1. The van der Waals surface area contributed by atoms with E-state index in [1.54, 1.807) is 6.07 Å². The summed E-state index contributed by atoms with van der Waals surface area (Å²) >= 11 is 5.72. The molecule has 3 nitrogen and oxygen atoms in total. The van der Waals surface area contributed by atoms with Crippen LogP contribution in [0.1, 0.15) is 31.0 Å². The molecule has 1 aromatic carbocycles. The highest BCUT2D eigenvalue weighted by molar-refractivity contribution is 6.30. The van der Waals surface area contributed by atoms with Gasteiger partial charge in [-0.25, -0.2) is 9.37 Å². The van der Waals surface area contributed by atoms with Crippen molar-refractivity contribution in [3.63, 3.8) is 0 Å². The minimum absolute atomic E-state index is 0.0153. The van der Waals surface area contributed by atoms with Crippen LogP contribution in [0.3, 0.4) is 0 Å². The zero-order valence-electron chi connectivity index (χ0n) is 11.4. The van der Waals surface area contributed by atoms with Gasteiger partial charge < -0.3 is 10.5 Å². The van der Waals surface area contributed by atoms with E-state index in [2.05, 4.69) is 4.98 Å². The van der Waals surface area contributed by atoms with Crippen LogP contribution in [-0.2, 0) is 6.54 Å². The molecule has 1 heterocycles. The summed E-state index contributed by atoms with van der Waals surface area (Å²) in [5.74, 6) is 0.651. The highest BCUT2D eigenvalue weighted by Gasteiger charge is 2.08. The van der Waals surface area contributed by atoms with Crippen molar-refractivity contribution in [2.24, 2.45) is 5.73 Å². The zero-order valence-corrected chi connectivity index (χ0v) is 12.1. The Bertz CT molecular complexity index is 617. The summed E-state index contributed by atoms with van der Waals surface area (Å²) in [6.45, 7) is 4.49. The molecule has 0 bridgehead atoms. The highest BCUT2D eigenvalue weighted by Crippen LogP contribution is 2.27.